The molecule has 11 nitrogen and oxygen atoms in total. The van der Waals surface area contributed by atoms with Crippen LogP contribution in [0.3, 0.4) is 0 Å². The average Bonchev–Trinajstić information content (AvgIpc) is 3.30. The highest BCUT2D eigenvalue weighted by atomic mass is 16.5. The predicted octanol–water partition coefficient (Wildman–Crippen LogP) is 2.21. The Labute approximate surface area is 204 Å². The van der Waals surface area contributed by atoms with Gasteiger partial charge in [-0.1, -0.05) is 0 Å². The molecule has 3 heterocycles. The molecule has 2 N–H and O–H groups in total. The predicted molar refractivity (Wildman–Crippen MR) is 129 cm³/mol. The summed E-state index contributed by atoms with van der Waals surface area (Å²) in [4.78, 5) is 15.7. The molecule has 0 spiro atoms. The molecule has 0 bridgehead atoms. The van der Waals surface area contributed by atoms with Gasteiger partial charge in [0.15, 0.2) is 28.5 Å². The second-order valence-electron chi connectivity index (χ2n) is 8.94. The van der Waals surface area contributed by atoms with E-state index in [0.717, 1.165) is 29.7 Å². The molecule has 0 unspecified atom stereocenters. The largest absolute Gasteiger partial charge is 0.493 e. The molecule has 2 fully saturated rings. The summed E-state index contributed by atoms with van der Waals surface area (Å²) in [6, 6.07) is 4.33. The lowest BCUT2D eigenvalue weighted by molar-refractivity contribution is -0.135. The zero-order valence-corrected chi connectivity index (χ0v) is 20.3. The summed E-state index contributed by atoms with van der Waals surface area (Å²) in [5.74, 6) is 2.52. The molecular weight excluding hydrogens is 452 g/mol. The molecule has 1 saturated heterocycles. The highest BCUT2D eigenvalue weighted by molar-refractivity contribution is 5.82. The molecule has 0 amide bonds. The molecule has 1 saturated carbocycles. The second kappa shape index (κ2) is 10.2. The Hall–Kier alpha value is -3.15. The van der Waals surface area contributed by atoms with Gasteiger partial charge in [0.2, 0.25) is 5.75 Å². The number of hydrogen-bond acceptors (Lipinski definition) is 10. The minimum atomic E-state index is -0.362. The number of methoxy groups -OCH3 is 3. The van der Waals surface area contributed by atoms with Crippen molar-refractivity contribution >= 4 is 17.0 Å². The van der Waals surface area contributed by atoms with Crippen molar-refractivity contribution in [2.45, 2.75) is 44.2 Å². The normalized spacial score (nSPS) is 21.0. The van der Waals surface area contributed by atoms with Gasteiger partial charge >= 0.3 is 0 Å². The van der Waals surface area contributed by atoms with Crippen molar-refractivity contribution < 1.29 is 24.1 Å². The topological polar surface area (TPSA) is 116 Å². The van der Waals surface area contributed by atoms with Crippen LogP contribution in [0.5, 0.6) is 17.2 Å². The van der Waals surface area contributed by atoms with Crippen molar-refractivity contribution in [3.8, 4) is 17.2 Å². The van der Waals surface area contributed by atoms with Crippen molar-refractivity contribution in [2.24, 2.45) is 0 Å². The monoisotopic (exact) mass is 484 g/mol. The summed E-state index contributed by atoms with van der Waals surface area (Å²) in [5, 5.41) is 13.4. The van der Waals surface area contributed by atoms with Crippen LogP contribution in [0.2, 0.25) is 0 Å². The van der Waals surface area contributed by atoms with Crippen LogP contribution in [0.1, 0.15) is 31.1 Å². The molecule has 5 rings (SSSR count). The first kappa shape index (κ1) is 23.6. The Morgan fingerprint density at radius 3 is 2.46 bits per heavy atom. The van der Waals surface area contributed by atoms with Crippen molar-refractivity contribution in [3.63, 3.8) is 0 Å². The van der Waals surface area contributed by atoms with Crippen molar-refractivity contribution in [1.29, 1.82) is 0 Å². The van der Waals surface area contributed by atoms with Gasteiger partial charge in [0.1, 0.15) is 12.6 Å². The number of imidazole rings is 1. The molecule has 2 atom stereocenters. The van der Waals surface area contributed by atoms with Gasteiger partial charge in [-0.3, -0.25) is 9.47 Å². The zero-order chi connectivity index (χ0) is 24.4. The van der Waals surface area contributed by atoms with Crippen LogP contribution in [-0.2, 0) is 11.3 Å². The van der Waals surface area contributed by atoms with Gasteiger partial charge in [-0.05, 0) is 37.0 Å². The van der Waals surface area contributed by atoms with Crippen LogP contribution in [0, 0.1) is 0 Å². The summed E-state index contributed by atoms with van der Waals surface area (Å²) < 4.78 is 24.6. The van der Waals surface area contributed by atoms with Crippen LogP contribution in [0.15, 0.2) is 24.8 Å². The van der Waals surface area contributed by atoms with E-state index < -0.39 is 0 Å². The number of aromatic nitrogens is 4. The molecule has 1 aliphatic carbocycles. The second-order valence-corrected chi connectivity index (χ2v) is 8.94. The van der Waals surface area contributed by atoms with Gasteiger partial charge in [0, 0.05) is 25.7 Å². The maximum atomic E-state index is 9.94. The van der Waals surface area contributed by atoms with E-state index in [1.807, 2.05) is 16.7 Å². The van der Waals surface area contributed by atoms with Gasteiger partial charge in [0.05, 0.1) is 40.4 Å². The molecule has 188 valence electrons. The number of rotatable bonds is 9. The van der Waals surface area contributed by atoms with E-state index in [2.05, 4.69) is 25.2 Å². The fraction of sp³-hybridized carbons (Fsp3) is 0.542. The van der Waals surface area contributed by atoms with Gasteiger partial charge in [-0.15, -0.1) is 0 Å². The summed E-state index contributed by atoms with van der Waals surface area (Å²) in [6.07, 6.45) is 6.12. The first-order valence-corrected chi connectivity index (χ1v) is 11.8. The lowest BCUT2D eigenvalue weighted by Crippen LogP contribution is -2.46. The Kier molecular flexibility index (Phi) is 6.89. The fourth-order valence-electron chi connectivity index (χ4n) is 4.67. The average molecular weight is 485 g/mol. The standard InChI is InChI=1S/C24H32N6O5/c1-32-18-7-15(8-19(33-2)22(18)34-3)9-29-10-17(12-31)35-20(11-29)30-14-27-21-23(25-13-26-24(21)30)28-16-5-4-6-16/h7-8,13-14,16-17,20,31H,4-6,9-12H2,1-3H3,(H,25,26,28)/t17-,20+/m0/s1. The molecule has 1 aliphatic heterocycles. The van der Waals surface area contributed by atoms with Crippen LogP contribution in [-0.4, -0.2) is 82.7 Å². The van der Waals surface area contributed by atoms with Crippen molar-refractivity contribution in [3.05, 3.63) is 30.4 Å². The summed E-state index contributed by atoms with van der Waals surface area (Å²) in [5.41, 5.74) is 2.44. The van der Waals surface area contributed by atoms with Crippen LogP contribution >= 0.6 is 0 Å². The molecule has 1 aromatic carbocycles. The molecule has 11 heteroatoms. The summed E-state index contributed by atoms with van der Waals surface area (Å²) in [7, 11) is 4.80. The number of aliphatic hydroxyl groups excluding tert-OH is 1. The molecule has 2 aromatic heterocycles. The Balaban J connectivity index is 1.39. The molecular formula is C24H32N6O5. The number of hydrogen-bond donors (Lipinski definition) is 2. The number of fused-ring (bicyclic) bond motifs is 1. The van der Waals surface area contributed by atoms with E-state index in [4.69, 9.17) is 18.9 Å². The molecule has 2 aliphatic rings. The Morgan fingerprint density at radius 1 is 1.06 bits per heavy atom. The van der Waals surface area contributed by atoms with Crippen LogP contribution in [0.25, 0.3) is 11.2 Å². The number of morpholine rings is 1. The third-order valence-electron chi connectivity index (χ3n) is 6.68. The molecule has 0 radical (unpaired) electrons. The quantitative estimate of drug-likeness (QED) is 0.468. The van der Waals surface area contributed by atoms with Crippen LogP contribution < -0.4 is 19.5 Å². The maximum absolute atomic E-state index is 9.94. The van der Waals surface area contributed by atoms with E-state index in [1.54, 1.807) is 34.0 Å². The minimum absolute atomic E-state index is 0.0850. The fourth-order valence-corrected chi connectivity index (χ4v) is 4.67. The SMILES string of the molecule is COc1cc(CN2C[C@@H](CO)O[C@@H](n3cnc4c(NC5CCC5)ncnc43)C2)cc(OC)c1OC. The van der Waals surface area contributed by atoms with E-state index >= 15 is 0 Å². The van der Waals surface area contributed by atoms with E-state index in [-0.39, 0.29) is 18.9 Å². The number of ether oxygens (including phenoxy) is 4. The molecule has 3 aromatic rings. The smallest absolute Gasteiger partial charge is 0.203 e. The third-order valence-corrected chi connectivity index (χ3v) is 6.68. The van der Waals surface area contributed by atoms with Gasteiger partial charge in [-0.25, -0.2) is 15.0 Å². The van der Waals surface area contributed by atoms with E-state index in [9.17, 15) is 5.11 Å². The number of aliphatic hydroxyl groups is 1. The minimum Gasteiger partial charge on any atom is -0.493 e. The third kappa shape index (κ3) is 4.71. The Morgan fingerprint density at radius 2 is 1.83 bits per heavy atom. The molecule has 35 heavy (non-hydrogen) atoms. The number of benzene rings is 1. The van der Waals surface area contributed by atoms with Crippen molar-refractivity contribution in [2.75, 3.05) is 46.3 Å². The first-order valence-electron chi connectivity index (χ1n) is 11.8. The summed E-state index contributed by atoms with van der Waals surface area (Å²) in [6.45, 7) is 1.70. The van der Waals surface area contributed by atoms with Crippen LogP contribution in [0.4, 0.5) is 5.82 Å². The maximum Gasteiger partial charge on any atom is 0.203 e. The number of anilines is 1. The van der Waals surface area contributed by atoms with Gasteiger partial charge in [-0.2, -0.15) is 0 Å². The summed E-state index contributed by atoms with van der Waals surface area (Å²) >= 11 is 0. The van der Waals surface area contributed by atoms with Crippen molar-refractivity contribution in [1.82, 2.24) is 24.4 Å². The van der Waals surface area contributed by atoms with E-state index in [0.29, 0.717) is 48.6 Å². The number of nitrogens with zero attached hydrogens (tertiary/aromatic N) is 5. The first-order chi connectivity index (χ1) is 17.1. The van der Waals surface area contributed by atoms with E-state index in [1.165, 1.54) is 6.42 Å². The highest BCUT2D eigenvalue weighted by Gasteiger charge is 2.31. The number of nitrogens with one attached hydrogen (secondary N) is 1. The van der Waals surface area contributed by atoms with Gasteiger partial charge in [0.25, 0.3) is 0 Å². The Bertz CT molecular complexity index is 1140. The lowest BCUT2D eigenvalue weighted by atomic mass is 9.93. The lowest BCUT2D eigenvalue weighted by Gasteiger charge is -2.38. The van der Waals surface area contributed by atoms with Gasteiger partial charge < -0.3 is 29.4 Å². The zero-order valence-electron chi connectivity index (χ0n) is 20.3. The highest BCUT2D eigenvalue weighted by Crippen LogP contribution is 2.39.